The highest BCUT2D eigenvalue weighted by molar-refractivity contribution is 5.85. The van der Waals surface area contributed by atoms with Crippen molar-refractivity contribution in [3.63, 3.8) is 0 Å². The minimum absolute atomic E-state index is 0.0636. The minimum atomic E-state index is -0.824. The number of nitrogens with zero attached hydrogens (tertiary/aromatic N) is 1. The molecule has 108 valence electrons. The number of nitrogens with one attached hydrogen (secondary N) is 1. The first-order valence-electron chi connectivity index (χ1n) is 7.41. The molecule has 2 N–H and O–H groups in total. The van der Waals surface area contributed by atoms with E-state index in [9.17, 15) is 9.59 Å². The summed E-state index contributed by atoms with van der Waals surface area (Å²) in [4.78, 5) is 25.4. The molecular formula is C14H24N2O3. The fraction of sp³-hybridized carbons (Fsp3) is 0.857. The number of aliphatic carboxylic acids is 1. The third kappa shape index (κ3) is 3.93. The van der Waals surface area contributed by atoms with E-state index in [1.165, 1.54) is 25.9 Å². The average Bonchev–Trinajstić information content (AvgIpc) is 3.04. The Labute approximate surface area is 114 Å². The molecular weight excluding hydrogens is 244 g/mol. The molecule has 5 heteroatoms. The topological polar surface area (TPSA) is 69.6 Å². The fourth-order valence-electron chi connectivity index (χ4n) is 3.22. The van der Waals surface area contributed by atoms with E-state index < -0.39 is 11.9 Å². The van der Waals surface area contributed by atoms with Crippen molar-refractivity contribution in [3.8, 4) is 0 Å². The van der Waals surface area contributed by atoms with Crippen LogP contribution in [0.5, 0.6) is 0 Å². The van der Waals surface area contributed by atoms with Crippen LogP contribution in [0.1, 0.15) is 38.5 Å². The van der Waals surface area contributed by atoms with Gasteiger partial charge in [-0.1, -0.05) is 6.42 Å². The molecule has 1 heterocycles. The first-order valence-corrected chi connectivity index (χ1v) is 7.41. The zero-order valence-corrected chi connectivity index (χ0v) is 11.4. The lowest BCUT2D eigenvalue weighted by Crippen LogP contribution is -2.36. The summed E-state index contributed by atoms with van der Waals surface area (Å²) in [6, 6.07) is 0. The first-order chi connectivity index (χ1) is 9.18. The van der Waals surface area contributed by atoms with E-state index >= 15 is 0 Å². The smallest absolute Gasteiger partial charge is 0.307 e. The summed E-state index contributed by atoms with van der Waals surface area (Å²) in [6.45, 7) is 4.06. The van der Waals surface area contributed by atoms with Crippen LogP contribution in [0.2, 0.25) is 0 Å². The van der Waals surface area contributed by atoms with Crippen molar-refractivity contribution in [3.05, 3.63) is 0 Å². The number of carboxylic acid groups (broad SMARTS) is 1. The third-order valence-electron chi connectivity index (χ3n) is 4.32. The second kappa shape index (κ2) is 6.89. The Balaban J connectivity index is 1.64. The van der Waals surface area contributed by atoms with Gasteiger partial charge < -0.3 is 15.3 Å². The molecule has 0 spiro atoms. The second-order valence-corrected chi connectivity index (χ2v) is 5.68. The van der Waals surface area contributed by atoms with Crippen LogP contribution in [0, 0.1) is 11.8 Å². The SMILES string of the molecule is O=C(O)[C@H]1CCC[C@H]1C(=O)NCCCN1CCCC1. The van der Waals surface area contributed by atoms with Crippen molar-refractivity contribution >= 4 is 11.9 Å². The van der Waals surface area contributed by atoms with Gasteiger partial charge in [0.1, 0.15) is 0 Å². The van der Waals surface area contributed by atoms with Crippen LogP contribution >= 0.6 is 0 Å². The molecule has 0 aromatic heterocycles. The Kier molecular flexibility index (Phi) is 5.19. The Bertz CT molecular complexity index is 327. The maximum Gasteiger partial charge on any atom is 0.307 e. The third-order valence-corrected chi connectivity index (χ3v) is 4.32. The Morgan fingerprint density at radius 3 is 2.47 bits per heavy atom. The lowest BCUT2D eigenvalue weighted by Gasteiger charge is -2.17. The van der Waals surface area contributed by atoms with Gasteiger partial charge in [-0.3, -0.25) is 9.59 Å². The second-order valence-electron chi connectivity index (χ2n) is 5.68. The van der Waals surface area contributed by atoms with Crippen molar-refractivity contribution in [1.29, 1.82) is 0 Å². The molecule has 1 saturated heterocycles. The van der Waals surface area contributed by atoms with Gasteiger partial charge in [0.15, 0.2) is 0 Å². The minimum Gasteiger partial charge on any atom is -0.481 e. The highest BCUT2D eigenvalue weighted by atomic mass is 16.4. The van der Waals surface area contributed by atoms with Crippen molar-refractivity contribution in [2.75, 3.05) is 26.2 Å². The average molecular weight is 268 g/mol. The number of carbonyl (C=O) groups is 2. The zero-order valence-electron chi connectivity index (χ0n) is 11.4. The molecule has 0 bridgehead atoms. The van der Waals surface area contributed by atoms with Gasteiger partial charge in [0.25, 0.3) is 0 Å². The Morgan fingerprint density at radius 2 is 1.79 bits per heavy atom. The summed E-state index contributed by atoms with van der Waals surface area (Å²) in [5, 5.41) is 12.0. The van der Waals surface area contributed by atoms with E-state index in [0.29, 0.717) is 13.0 Å². The van der Waals surface area contributed by atoms with E-state index in [1.54, 1.807) is 0 Å². The number of hydrogen-bond acceptors (Lipinski definition) is 3. The molecule has 5 nitrogen and oxygen atoms in total. The predicted octanol–water partition coefficient (Wildman–Crippen LogP) is 1.09. The van der Waals surface area contributed by atoms with Crippen molar-refractivity contribution < 1.29 is 14.7 Å². The molecule has 1 aliphatic carbocycles. The van der Waals surface area contributed by atoms with Crippen molar-refractivity contribution in [2.24, 2.45) is 11.8 Å². The molecule has 2 atom stereocenters. The number of carboxylic acids is 1. The highest BCUT2D eigenvalue weighted by Crippen LogP contribution is 2.31. The van der Waals surface area contributed by atoms with Gasteiger partial charge in [-0.15, -0.1) is 0 Å². The van der Waals surface area contributed by atoms with Crippen LogP contribution in [0.25, 0.3) is 0 Å². The molecule has 0 aromatic carbocycles. The van der Waals surface area contributed by atoms with E-state index in [-0.39, 0.29) is 11.8 Å². The van der Waals surface area contributed by atoms with E-state index in [1.807, 2.05) is 0 Å². The van der Waals surface area contributed by atoms with Crippen LogP contribution in [0.4, 0.5) is 0 Å². The Morgan fingerprint density at radius 1 is 1.11 bits per heavy atom. The normalized spacial score (nSPS) is 27.6. The van der Waals surface area contributed by atoms with Crippen LogP contribution < -0.4 is 5.32 Å². The molecule has 1 saturated carbocycles. The number of amides is 1. The highest BCUT2D eigenvalue weighted by Gasteiger charge is 2.37. The molecule has 2 fully saturated rings. The fourth-order valence-corrected chi connectivity index (χ4v) is 3.22. The van der Waals surface area contributed by atoms with Crippen LogP contribution in [-0.4, -0.2) is 48.1 Å². The van der Waals surface area contributed by atoms with Crippen LogP contribution in [0.15, 0.2) is 0 Å². The van der Waals surface area contributed by atoms with Crippen LogP contribution in [0.3, 0.4) is 0 Å². The number of carbonyl (C=O) groups excluding carboxylic acids is 1. The van der Waals surface area contributed by atoms with Crippen molar-refractivity contribution in [1.82, 2.24) is 10.2 Å². The maximum absolute atomic E-state index is 12.0. The zero-order chi connectivity index (χ0) is 13.7. The molecule has 19 heavy (non-hydrogen) atoms. The Hall–Kier alpha value is -1.10. The summed E-state index contributed by atoms with van der Waals surface area (Å²) in [5.41, 5.74) is 0. The lowest BCUT2D eigenvalue weighted by atomic mass is 9.95. The summed E-state index contributed by atoms with van der Waals surface area (Å²) in [5.74, 6) is -1.68. The molecule has 1 amide bonds. The summed E-state index contributed by atoms with van der Waals surface area (Å²) in [7, 11) is 0. The summed E-state index contributed by atoms with van der Waals surface area (Å²) in [6.07, 6.45) is 5.73. The molecule has 0 aromatic rings. The van der Waals surface area contributed by atoms with E-state index in [0.717, 1.165) is 25.8 Å². The standard InChI is InChI=1S/C14H24N2O3/c17-13(11-5-3-6-12(11)14(18)19)15-7-4-10-16-8-1-2-9-16/h11-12H,1-10H2,(H,15,17)(H,18,19)/t11-,12+/m1/s1. The predicted molar refractivity (Wildman–Crippen MR) is 71.8 cm³/mol. The van der Waals surface area contributed by atoms with E-state index in [4.69, 9.17) is 5.11 Å². The van der Waals surface area contributed by atoms with Gasteiger partial charge >= 0.3 is 5.97 Å². The molecule has 2 rings (SSSR count). The molecule has 2 aliphatic rings. The molecule has 0 radical (unpaired) electrons. The van der Waals surface area contributed by atoms with Crippen LogP contribution in [-0.2, 0) is 9.59 Å². The largest absolute Gasteiger partial charge is 0.481 e. The maximum atomic E-state index is 12.0. The number of rotatable bonds is 6. The summed E-state index contributed by atoms with van der Waals surface area (Å²) < 4.78 is 0. The quantitative estimate of drug-likeness (QED) is 0.708. The number of likely N-dealkylation sites (tertiary alicyclic amines) is 1. The van der Waals surface area contributed by atoms with Gasteiger partial charge in [-0.2, -0.15) is 0 Å². The lowest BCUT2D eigenvalue weighted by molar-refractivity contribution is -0.146. The van der Waals surface area contributed by atoms with Gasteiger partial charge in [-0.05, 0) is 51.7 Å². The van der Waals surface area contributed by atoms with Crippen molar-refractivity contribution in [2.45, 2.75) is 38.5 Å². The van der Waals surface area contributed by atoms with Gasteiger partial charge in [0, 0.05) is 6.54 Å². The summed E-state index contributed by atoms with van der Waals surface area (Å²) >= 11 is 0. The van der Waals surface area contributed by atoms with Gasteiger partial charge in [0.2, 0.25) is 5.91 Å². The van der Waals surface area contributed by atoms with E-state index in [2.05, 4.69) is 10.2 Å². The first kappa shape index (κ1) is 14.3. The van der Waals surface area contributed by atoms with Gasteiger partial charge in [-0.25, -0.2) is 0 Å². The number of hydrogen-bond donors (Lipinski definition) is 2. The molecule has 1 aliphatic heterocycles. The molecule has 0 unspecified atom stereocenters. The van der Waals surface area contributed by atoms with Gasteiger partial charge in [0.05, 0.1) is 11.8 Å². The monoisotopic (exact) mass is 268 g/mol.